The van der Waals surface area contributed by atoms with Gasteiger partial charge in [0, 0.05) is 12.3 Å². The summed E-state index contributed by atoms with van der Waals surface area (Å²) in [4.78, 5) is 16.4. The summed E-state index contributed by atoms with van der Waals surface area (Å²) in [6, 6.07) is 6.81. The molecular weight excluding hydrogens is 288 g/mol. The largest absolute Gasteiger partial charge is 0.368 e. The Hall–Kier alpha value is -2.06. The number of primary amides is 1. The maximum absolute atomic E-state index is 11.9. The average Bonchev–Trinajstić information content (AvgIpc) is 2.76. The molecule has 0 aliphatic heterocycles. The number of aromatic nitrogens is 2. The minimum atomic E-state index is -0.512. The lowest BCUT2D eigenvalue weighted by molar-refractivity contribution is -0.122. The average molecular weight is 305 g/mol. The van der Waals surface area contributed by atoms with E-state index in [-0.39, 0.29) is 5.92 Å². The van der Waals surface area contributed by atoms with E-state index >= 15 is 0 Å². The molecule has 5 nitrogen and oxygen atoms in total. The Morgan fingerprint density at radius 1 is 1.52 bits per heavy atom. The molecule has 1 unspecified atom stereocenters. The molecular formula is C15H17ClN4O. The molecule has 1 atom stereocenters. The van der Waals surface area contributed by atoms with E-state index < -0.39 is 11.9 Å². The lowest BCUT2D eigenvalue weighted by Crippen LogP contribution is -2.31. The van der Waals surface area contributed by atoms with Crippen LogP contribution in [0.5, 0.6) is 0 Å². The van der Waals surface area contributed by atoms with Crippen molar-refractivity contribution in [3.8, 4) is 6.07 Å². The Bertz CT molecular complexity index is 714. The number of nitriles is 1. The number of rotatable bonds is 5. The number of fused-ring (bicyclic) bond motifs is 1. The number of halogens is 1. The van der Waals surface area contributed by atoms with Gasteiger partial charge in [0.25, 0.3) is 0 Å². The number of nitrogens with zero attached hydrogens (tertiary/aromatic N) is 3. The van der Waals surface area contributed by atoms with E-state index in [2.05, 4.69) is 11.1 Å². The van der Waals surface area contributed by atoms with E-state index in [1.165, 1.54) is 0 Å². The van der Waals surface area contributed by atoms with Crippen LogP contribution in [-0.2, 0) is 11.2 Å². The molecule has 1 aromatic carbocycles. The Morgan fingerprint density at radius 2 is 2.24 bits per heavy atom. The number of carbonyl (C=O) groups excluding carboxylic acids is 1. The second-order valence-corrected chi connectivity index (χ2v) is 5.62. The van der Waals surface area contributed by atoms with Crippen LogP contribution in [0.15, 0.2) is 18.2 Å². The molecule has 2 rings (SSSR count). The van der Waals surface area contributed by atoms with E-state index in [0.717, 1.165) is 11.0 Å². The maximum Gasteiger partial charge on any atom is 0.240 e. The molecule has 21 heavy (non-hydrogen) atoms. The third-order valence-electron chi connectivity index (χ3n) is 3.41. The Kier molecular flexibility index (Phi) is 4.49. The Morgan fingerprint density at radius 3 is 2.76 bits per heavy atom. The first-order valence-electron chi connectivity index (χ1n) is 6.75. The third-order valence-corrected chi connectivity index (χ3v) is 3.60. The number of nitrogens with two attached hydrogens (primary N) is 1. The van der Waals surface area contributed by atoms with Crippen molar-refractivity contribution in [3.05, 3.63) is 29.6 Å². The summed E-state index contributed by atoms with van der Waals surface area (Å²) >= 11 is 5.84. The van der Waals surface area contributed by atoms with E-state index in [1.807, 2.05) is 18.4 Å². The van der Waals surface area contributed by atoms with Gasteiger partial charge in [0.1, 0.15) is 11.9 Å². The second kappa shape index (κ2) is 6.15. The van der Waals surface area contributed by atoms with Crippen LogP contribution < -0.4 is 5.73 Å². The first-order chi connectivity index (χ1) is 9.99. The van der Waals surface area contributed by atoms with Crippen molar-refractivity contribution in [2.45, 2.75) is 26.3 Å². The normalized spacial score (nSPS) is 12.5. The molecule has 0 aliphatic carbocycles. The number of amides is 1. The third kappa shape index (κ3) is 2.86. The highest BCUT2D eigenvalue weighted by atomic mass is 35.5. The van der Waals surface area contributed by atoms with Gasteiger partial charge >= 0.3 is 0 Å². The zero-order valence-corrected chi connectivity index (χ0v) is 12.8. The highest BCUT2D eigenvalue weighted by molar-refractivity contribution is 6.17. The molecule has 0 aliphatic rings. The Balaban J connectivity index is 2.75. The van der Waals surface area contributed by atoms with Gasteiger partial charge in [0.05, 0.1) is 22.7 Å². The zero-order valence-electron chi connectivity index (χ0n) is 12.0. The van der Waals surface area contributed by atoms with Crippen molar-refractivity contribution in [2.24, 2.45) is 11.7 Å². The molecule has 0 fully saturated rings. The molecule has 0 radical (unpaired) electrons. The van der Waals surface area contributed by atoms with E-state index in [1.54, 1.807) is 18.2 Å². The van der Waals surface area contributed by atoms with Crippen molar-refractivity contribution in [1.82, 2.24) is 9.55 Å². The van der Waals surface area contributed by atoms with Gasteiger partial charge in [-0.05, 0) is 24.1 Å². The van der Waals surface area contributed by atoms with Crippen molar-refractivity contribution in [2.75, 3.05) is 5.88 Å². The van der Waals surface area contributed by atoms with E-state index in [9.17, 15) is 4.79 Å². The fourth-order valence-electron chi connectivity index (χ4n) is 2.54. The lowest BCUT2D eigenvalue weighted by atomic mass is 10.0. The van der Waals surface area contributed by atoms with Gasteiger partial charge in [0.15, 0.2) is 0 Å². The first kappa shape index (κ1) is 15.3. The molecule has 2 aromatic rings. The number of aryl methyl sites for hydroxylation is 1. The van der Waals surface area contributed by atoms with Gasteiger partial charge in [-0.3, -0.25) is 4.79 Å². The smallest absolute Gasteiger partial charge is 0.240 e. The summed E-state index contributed by atoms with van der Waals surface area (Å²) in [7, 11) is 0. The van der Waals surface area contributed by atoms with Gasteiger partial charge in [-0.25, -0.2) is 4.98 Å². The predicted molar refractivity (Wildman–Crippen MR) is 81.9 cm³/mol. The fourth-order valence-corrected chi connectivity index (χ4v) is 2.71. The summed E-state index contributed by atoms with van der Waals surface area (Å²) in [5, 5.41) is 9.06. The van der Waals surface area contributed by atoms with Gasteiger partial charge in [-0.1, -0.05) is 13.8 Å². The maximum atomic E-state index is 11.9. The predicted octanol–water partition coefficient (Wildman–Crippen LogP) is 2.37. The van der Waals surface area contributed by atoms with Crippen molar-refractivity contribution in [3.63, 3.8) is 0 Å². The minimum Gasteiger partial charge on any atom is -0.368 e. The van der Waals surface area contributed by atoms with Crippen molar-refractivity contribution < 1.29 is 4.79 Å². The molecule has 2 N–H and O–H groups in total. The minimum absolute atomic E-state index is 0.0136. The summed E-state index contributed by atoms with van der Waals surface area (Å²) in [5.41, 5.74) is 7.57. The molecule has 110 valence electrons. The van der Waals surface area contributed by atoms with Crippen molar-refractivity contribution in [1.29, 1.82) is 5.26 Å². The van der Waals surface area contributed by atoms with Crippen LogP contribution in [0.25, 0.3) is 11.0 Å². The molecule has 0 spiro atoms. The standard InChI is InChI=1S/C15H17ClN4O/c1-9(2)14(15(18)21)20-12-7-10(8-17)3-4-11(12)19-13(20)5-6-16/h3-4,7,9,14H,5-6H2,1-2H3,(H2,18,21). The molecule has 6 heteroatoms. The molecule has 1 amide bonds. The van der Waals surface area contributed by atoms with E-state index in [0.29, 0.717) is 23.7 Å². The van der Waals surface area contributed by atoms with Crippen LogP contribution in [0.2, 0.25) is 0 Å². The molecule has 1 aromatic heterocycles. The van der Waals surface area contributed by atoms with Crippen LogP contribution in [0.3, 0.4) is 0 Å². The van der Waals surface area contributed by atoms with Gasteiger partial charge in [-0.15, -0.1) is 11.6 Å². The lowest BCUT2D eigenvalue weighted by Gasteiger charge is -2.22. The zero-order chi connectivity index (χ0) is 15.6. The Labute approximate surface area is 128 Å². The molecule has 0 bridgehead atoms. The molecule has 0 saturated heterocycles. The first-order valence-corrected chi connectivity index (χ1v) is 7.29. The van der Waals surface area contributed by atoms with Crippen molar-refractivity contribution >= 4 is 28.5 Å². The number of benzene rings is 1. The number of hydrogen-bond acceptors (Lipinski definition) is 3. The summed E-state index contributed by atoms with van der Waals surface area (Å²) in [6.07, 6.45) is 0.536. The second-order valence-electron chi connectivity index (χ2n) is 5.24. The van der Waals surface area contributed by atoms with Crippen LogP contribution in [0, 0.1) is 17.2 Å². The summed E-state index contributed by atoms with van der Waals surface area (Å²) in [5.74, 6) is 0.715. The highest BCUT2D eigenvalue weighted by Crippen LogP contribution is 2.27. The summed E-state index contributed by atoms with van der Waals surface area (Å²) in [6.45, 7) is 3.86. The highest BCUT2D eigenvalue weighted by Gasteiger charge is 2.26. The molecule has 1 heterocycles. The summed E-state index contributed by atoms with van der Waals surface area (Å²) < 4.78 is 1.82. The van der Waals surface area contributed by atoms with Crippen LogP contribution in [0.1, 0.15) is 31.3 Å². The monoisotopic (exact) mass is 304 g/mol. The van der Waals surface area contributed by atoms with Gasteiger partial charge in [0.2, 0.25) is 5.91 Å². The van der Waals surface area contributed by atoms with Gasteiger partial charge in [-0.2, -0.15) is 5.26 Å². The molecule has 0 saturated carbocycles. The van der Waals surface area contributed by atoms with Gasteiger partial charge < -0.3 is 10.3 Å². The quantitative estimate of drug-likeness (QED) is 0.861. The van der Waals surface area contributed by atoms with E-state index in [4.69, 9.17) is 22.6 Å². The number of imidazole rings is 1. The SMILES string of the molecule is CC(C)C(C(N)=O)n1c(CCCl)nc2ccc(C#N)cc21. The topological polar surface area (TPSA) is 84.7 Å². The number of hydrogen-bond donors (Lipinski definition) is 1. The van der Waals surface area contributed by atoms with Crippen LogP contribution in [-0.4, -0.2) is 21.3 Å². The number of alkyl halides is 1. The van der Waals surface area contributed by atoms with Crippen LogP contribution in [0.4, 0.5) is 0 Å². The van der Waals surface area contributed by atoms with Crippen LogP contribution >= 0.6 is 11.6 Å². The number of carbonyl (C=O) groups is 1. The fraction of sp³-hybridized carbons (Fsp3) is 0.400.